The molecular weight excluding hydrogens is 370 g/mol. The van der Waals surface area contributed by atoms with Crippen LogP contribution >= 0.6 is 35.0 Å². The SMILES string of the molecule is Cl.OC[C@@H](c1cc(I)ccc1F)N1CCNCC1. The van der Waals surface area contributed by atoms with Crippen molar-refractivity contribution in [2.24, 2.45) is 0 Å². The van der Waals surface area contributed by atoms with Crippen LogP contribution in [-0.4, -0.2) is 42.8 Å². The molecule has 3 nitrogen and oxygen atoms in total. The van der Waals surface area contributed by atoms with Crippen LogP contribution in [0.2, 0.25) is 0 Å². The van der Waals surface area contributed by atoms with Crippen molar-refractivity contribution in [1.82, 2.24) is 10.2 Å². The predicted molar refractivity (Wildman–Crippen MR) is 80.6 cm³/mol. The maximum Gasteiger partial charge on any atom is 0.128 e. The molecule has 0 bridgehead atoms. The molecule has 1 heterocycles. The molecule has 1 atom stereocenters. The summed E-state index contributed by atoms with van der Waals surface area (Å²) in [6, 6.07) is 4.80. The molecule has 0 aliphatic carbocycles. The van der Waals surface area contributed by atoms with Crippen LogP contribution in [0.5, 0.6) is 0 Å². The summed E-state index contributed by atoms with van der Waals surface area (Å²) >= 11 is 2.16. The van der Waals surface area contributed by atoms with Gasteiger partial charge in [0.05, 0.1) is 12.6 Å². The highest BCUT2D eigenvalue weighted by Gasteiger charge is 2.23. The fraction of sp³-hybridized carbons (Fsp3) is 0.500. The van der Waals surface area contributed by atoms with Crippen LogP contribution in [0, 0.1) is 9.39 Å². The number of nitrogens with one attached hydrogen (secondary N) is 1. The lowest BCUT2D eigenvalue weighted by Gasteiger charge is -2.34. The quantitative estimate of drug-likeness (QED) is 0.778. The molecule has 1 aromatic rings. The molecule has 102 valence electrons. The van der Waals surface area contributed by atoms with Crippen LogP contribution < -0.4 is 5.32 Å². The average Bonchev–Trinajstić information content (AvgIpc) is 2.36. The minimum absolute atomic E-state index is 0. The Kier molecular flexibility index (Phi) is 6.79. The summed E-state index contributed by atoms with van der Waals surface area (Å²) in [5, 5.41) is 12.8. The maximum atomic E-state index is 13.8. The summed E-state index contributed by atoms with van der Waals surface area (Å²) in [4.78, 5) is 2.13. The second-order valence-electron chi connectivity index (χ2n) is 4.15. The standard InChI is InChI=1S/C12H16FIN2O.ClH/c13-11-2-1-9(14)7-10(11)12(8-17)16-5-3-15-4-6-16;/h1-2,7,12,15,17H,3-6,8H2;1H/t12-;/m0./s1. The van der Waals surface area contributed by atoms with Crippen molar-refractivity contribution in [2.45, 2.75) is 6.04 Å². The number of benzene rings is 1. The predicted octanol–water partition coefficient (Wildman–Crippen LogP) is 1.79. The van der Waals surface area contributed by atoms with Crippen molar-refractivity contribution >= 4 is 35.0 Å². The Bertz CT molecular complexity index is 388. The highest BCUT2D eigenvalue weighted by molar-refractivity contribution is 14.1. The number of piperazine rings is 1. The minimum atomic E-state index is -0.233. The molecule has 0 radical (unpaired) electrons. The Hall–Kier alpha value is 0.0500. The van der Waals surface area contributed by atoms with Gasteiger partial charge in [0.2, 0.25) is 0 Å². The lowest BCUT2D eigenvalue weighted by Crippen LogP contribution is -2.46. The van der Waals surface area contributed by atoms with Gasteiger partial charge in [0.1, 0.15) is 5.82 Å². The van der Waals surface area contributed by atoms with Gasteiger partial charge < -0.3 is 10.4 Å². The van der Waals surface area contributed by atoms with Crippen molar-refractivity contribution in [1.29, 1.82) is 0 Å². The van der Waals surface area contributed by atoms with E-state index in [-0.39, 0.29) is 30.9 Å². The van der Waals surface area contributed by atoms with Crippen LogP contribution in [0.3, 0.4) is 0 Å². The van der Waals surface area contributed by atoms with Crippen LogP contribution in [-0.2, 0) is 0 Å². The minimum Gasteiger partial charge on any atom is -0.394 e. The van der Waals surface area contributed by atoms with Crippen LogP contribution in [0.15, 0.2) is 18.2 Å². The average molecular weight is 387 g/mol. The highest BCUT2D eigenvalue weighted by atomic mass is 127. The largest absolute Gasteiger partial charge is 0.394 e. The summed E-state index contributed by atoms with van der Waals surface area (Å²) in [6.45, 7) is 3.42. The van der Waals surface area contributed by atoms with Gasteiger partial charge in [0.15, 0.2) is 0 Å². The molecule has 0 saturated carbocycles. The first-order valence-electron chi connectivity index (χ1n) is 5.73. The van der Waals surface area contributed by atoms with E-state index in [1.165, 1.54) is 6.07 Å². The van der Waals surface area contributed by atoms with E-state index in [1.54, 1.807) is 6.07 Å². The van der Waals surface area contributed by atoms with Crippen molar-refractivity contribution < 1.29 is 9.50 Å². The number of hydrogen-bond donors (Lipinski definition) is 2. The highest BCUT2D eigenvalue weighted by Crippen LogP contribution is 2.25. The zero-order chi connectivity index (χ0) is 12.3. The van der Waals surface area contributed by atoms with Crippen LogP contribution in [0.25, 0.3) is 0 Å². The molecule has 6 heteroatoms. The molecule has 0 aromatic heterocycles. The molecule has 1 saturated heterocycles. The van der Waals surface area contributed by atoms with E-state index in [1.807, 2.05) is 6.07 Å². The second-order valence-corrected chi connectivity index (χ2v) is 5.40. The van der Waals surface area contributed by atoms with Gasteiger partial charge in [-0.2, -0.15) is 0 Å². The van der Waals surface area contributed by atoms with Gasteiger partial charge in [-0.15, -0.1) is 12.4 Å². The van der Waals surface area contributed by atoms with E-state index in [0.29, 0.717) is 5.56 Å². The second kappa shape index (κ2) is 7.59. The molecule has 1 aliphatic heterocycles. The number of rotatable bonds is 3. The summed E-state index contributed by atoms with van der Waals surface area (Å²) < 4.78 is 14.8. The van der Waals surface area contributed by atoms with Gasteiger partial charge in [0, 0.05) is 35.3 Å². The third-order valence-corrected chi connectivity index (χ3v) is 3.75. The Balaban J connectivity index is 0.00000162. The molecular formula is C12H17ClFIN2O. The number of hydrogen-bond acceptors (Lipinski definition) is 3. The van der Waals surface area contributed by atoms with Crippen molar-refractivity contribution in [3.8, 4) is 0 Å². The van der Waals surface area contributed by atoms with Gasteiger partial charge in [-0.25, -0.2) is 4.39 Å². The molecule has 1 aromatic carbocycles. The molecule has 18 heavy (non-hydrogen) atoms. The molecule has 2 rings (SSSR count). The summed E-state index contributed by atoms with van der Waals surface area (Å²) in [5.41, 5.74) is 0.598. The van der Waals surface area contributed by atoms with Crippen LogP contribution in [0.1, 0.15) is 11.6 Å². The topological polar surface area (TPSA) is 35.5 Å². The molecule has 0 unspecified atom stereocenters. The number of aliphatic hydroxyl groups is 1. The van der Waals surface area contributed by atoms with E-state index in [0.717, 1.165) is 29.7 Å². The van der Waals surface area contributed by atoms with Crippen molar-refractivity contribution in [3.63, 3.8) is 0 Å². The molecule has 1 aliphatic rings. The first kappa shape index (κ1) is 16.1. The Morgan fingerprint density at radius 3 is 2.67 bits per heavy atom. The van der Waals surface area contributed by atoms with Gasteiger partial charge in [-0.3, -0.25) is 4.90 Å². The fourth-order valence-electron chi connectivity index (χ4n) is 2.17. The summed E-state index contributed by atoms with van der Waals surface area (Å²) in [6.07, 6.45) is 0. The van der Waals surface area contributed by atoms with E-state index in [2.05, 4.69) is 32.8 Å². The smallest absolute Gasteiger partial charge is 0.128 e. The Morgan fingerprint density at radius 1 is 1.39 bits per heavy atom. The Labute approximate surface area is 126 Å². The van der Waals surface area contributed by atoms with Gasteiger partial charge in [-0.1, -0.05) is 0 Å². The third-order valence-electron chi connectivity index (χ3n) is 3.08. The Morgan fingerprint density at radius 2 is 2.06 bits per heavy atom. The molecule has 1 fully saturated rings. The molecule has 2 N–H and O–H groups in total. The van der Waals surface area contributed by atoms with Crippen molar-refractivity contribution in [3.05, 3.63) is 33.1 Å². The summed E-state index contributed by atoms with van der Waals surface area (Å²) in [5.74, 6) is -0.233. The number of aliphatic hydroxyl groups excluding tert-OH is 1. The first-order chi connectivity index (χ1) is 8.22. The van der Waals surface area contributed by atoms with E-state index >= 15 is 0 Å². The third kappa shape index (κ3) is 3.77. The monoisotopic (exact) mass is 386 g/mol. The van der Waals surface area contributed by atoms with Crippen molar-refractivity contribution in [2.75, 3.05) is 32.8 Å². The van der Waals surface area contributed by atoms with Gasteiger partial charge in [-0.05, 0) is 40.8 Å². The normalized spacial score (nSPS) is 18.2. The first-order valence-corrected chi connectivity index (χ1v) is 6.81. The van der Waals surface area contributed by atoms with Gasteiger partial charge in [0.25, 0.3) is 0 Å². The number of halogens is 3. The fourth-order valence-corrected chi connectivity index (χ4v) is 2.69. The zero-order valence-corrected chi connectivity index (χ0v) is 12.9. The van der Waals surface area contributed by atoms with E-state index < -0.39 is 0 Å². The van der Waals surface area contributed by atoms with Crippen LogP contribution in [0.4, 0.5) is 4.39 Å². The molecule has 0 spiro atoms. The lowest BCUT2D eigenvalue weighted by molar-refractivity contribution is 0.108. The van der Waals surface area contributed by atoms with E-state index in [4.69, 9.17) is 0 Å². The zero-order valence-electron chi connectivity index (χ0n) is 9.90. The summed E-state index contributed by atoms with van der Waals surface area (Å²) in [7, 11) is 0. The van der Waals surface area contributed by atoms with E-state index in [9.17, 15) is 9.50 Å². The molecule has 0 amide bonds. The lowest BCUT2D eigenvalue weighted by atomic mass is 10.0. The number of nitrogens with zero attached hydrogens (tertiary/aromatic N) is 1. The maximum absolute atomic E-state index is 13.8. The van der Waals surface area contributed by atoms with Gasteiger partial charge >= 0.3 is 0 Å².